The zero-order valence-corrected chi connectivity index (χ0v) is 25.5. The molecule has 1 aliphatic carbocycles. The Labute approximate surface area is 246 Å². The van der Waals surface area contributed by atoms with Crippen LogP contribution < -0.4 is 16.8 Å². The Morgan fingerprint density at radius 2 is 1.86 bits per heavy atom. The molecule has 12 heteroatoms. The molecule has 1 saturated carbocycles. The zero-order valence-electron chi connectivity index (χ0n) is 24.7. The topological polar surface area (TPSA) is 156 Å². The molecule has 3 aliphatic rings. The molecule has 42 heavy (non-hydrogen) atoms. The van der Waals surface area contributed by atoms with Crippen LogP contribution in [-0.4, -0.2) is 48.8 Å². The van der Waals surface area contributed by atoms with Crippen molar-refractivity contribution in [3.8, 4) is 5.69 Å². The van der Waals surface area contributed by atoms with Gasteiger partial charge in [-0.15, -0.1) is 0 Å². The summed E-state index contributed by atoms with van der Waals surface area (Å²) in [6.07, 6.45) is 3.21. The van der Waals surface area contributed by atoms with Gasteiger partial charge in [0.2, 0.25) is 0 Å². The van der Waals surface area contributed by atoms with E-state index in [9.17, 15) is 18.0 Å². The van der Waals surface area contributed by atoms with E-state index in [0.717, 1.165) is 0 Å². The average Bonchev–Trinajstić information content (AvgIpc) is 3.43. The number of hydrogen-bond acceptors (Lipinski definition) is 8. The summed E-state index contributed by atoms with van der Waals surface area (Å²) in [5.74, 6) is -1.80. The first-order chi connectivity index (χ1) is 19.7. The number of halogens is 1. The maximum Gasteiger partial charge on any atom is 0.323 e. The third-order valence-electron chi connectivity index (χ3n) is 8.37. The summed E-state index contributed by atoms with van der Waals surface area (Å²) >= 11 is 0. The number of ether oxygens (including phenoxy) is 2. The van der Waals surface area contributed by atoms with Gasteiger partial charge in [-0.05, 0) is 62.0 Å². The zero-order chi connectivity index (χ0) is 30.6. The number of esters is 1. The second-order valence-electron chi connectivity index (χ2n) is 13.1. The number of nitrogens with one attached hydrogen (secondary N) is 1. The Morgan fingerprint density at radius 3 is 2.50 bits per heavy atom. The van der Waals surface area contributed by atoms with E-state index in [-0.39, 0.29) is 53.2 Å². The van der Waals surface area contributed by atoms with E-state index in [1.807, 2.05) is 27.7 Å². The highest BCUT2D eigenvalue weighted by Gasteiger charge is 2.43. The lowest BCUT2D eigenvalue weighted by Crippen LogP contribution is -2.38. The van der Waals surface area contributed by atoms with Gasteiger partial charge >= 0.3 is 5.97 Å². The van der Waals surface area contributed by atoms with Gasteiger partial charge in [0.25, 0.3) is 5.91 Å². The fraction of sp³-hybridized carbons (Fsp3) is 0.600. The average molecular weight is 605 g/mol. The lowest BCUT2D eigenvalue weighted by atomic mass is 9.89. The molecule has 10 nitrogen and oxygen atoms in total. The van der Waals surface area contributed by atoms with Crippen LogP contribution in [0.5, 0.6) is 0 Å². The van der Waals surface area contributed by atoms with Crippen LogP contribution in [0.1, 0.15) is 87.1 Å². The van der Waals surface area contributed by atoms with Crippen LogP contribution in [0.4, 0.5) is 10.1 Å². The Bertz CT molecular complexity index is 1510. The van der Waals surface area contributed by atoms with Gasteiger partial charge in [0.15, 0.2) is 9.84 Å². The number of anilines is 1. The Balaban J connectivity index is 1.43. The molecule has 0 radical (unpaired) electrons. The lowest BCUT2D eigenvalue weighted by Gasteiger charge is -2.32. The van der Waals surface area contributed by atoms with E-state index >= 15 is 4.39 Å². The van der Waals surface area contributed by atoms with Gasteiger partial charge < -0.3 is 30.8 Å². The highest BCUT2D eigenvalue weighted by Crippen LogP contribution is 2.44. The summed E-state index contributed by atoms with van der Waals surface area (Å²) in [5, 5.41) is 3.31. The van der Waals surface area contributed by atoms with Crippen LogP contribution in [0.25, 0.3) is 5.69 Å². The molecule has 5 N–H and O–H groups in total. The molecule has 0 unspecified atom stereocenters. The van der Waals surface area contributed by atoms with Crippen molar-refractivity contribution >= 4 is 27.4 Å². The molecular weight excluding hydrogens is 563 g/mol. The number of fused-ring (bicyclic) bond motifs is 3. The number of aromatic nitrogens is 1. The number of primary amides is 1. The van der Waals surface area contributed by atoms with Crippen LogP contribution >= 0.6 is 0 Å². The molecule has 1 amide bonds. The van der Waals surface area contributed by atoms with E-state index in [2.05, 4.69) is 5.32 Å². The fourth-order valence-electron chi connectivity index (χ4n) is 6.67. The molecular formula is C30H41FN4O6S. The molecule has 3 heterocycles. The smallest absolute Gasteiger partial charge is 0.323 e. The number of hydrogen-bond donors (Lipinski definition) is 3. The van der Waals surface area contributed by atoms with Crippen molar-refractivity contribution in [2.75, 3.05) is 11.1 Å². The van der Waals surface area contributed by atoms with Crippen LogP contribution in [0, 0.1) is 17.2 Å². The number of sulfone groups is 1. The van der Waals surface area contributed by atoms with Crippen LogP contribution in [0.3, 0.4) is 0 Å². The standard InChI is InChI=1S/C30H41FN4O6S/c1-16(2)9-22(32)29(37)41-19-7-5-17(6-8-19)34-23-11-18(10-21(31)26(23)28(33)36)35-24-12-30(3,4)15-42(38,39)27(24)20-13-40-14-25(20)35/h10-11,16-17,19,22,34H,5-9,12-15,32H2,1-4H3,(H2,33,36)/t17?,19?,22-/m1/s1. The predicted molar refractivity (Wildman–Crippen MR) is 155 cm³/mol. The number of amides is 1. The maximum atomic E-state index is 15.6. The minimum Gasteiger partial charge on any atom is -0.461 e. The summed E-state index contributed by atoms with van der Waals surface area (Å²) in [6, 6.07) is 2.11. The summed E-state index contributed by atoms with van der Waals surface area (Å²) < 4.78 is 55.4. The van der Waals surface area contributed by atoms with E-state index in [1.54, 1.807) is 10.6 Å². The van der Waals surface area contributed by atoms with Gasteiger partial charge in [0, 0.05) is 17.3 Å². The number of nitrogens with two attached hydrogens (primary N) is 2. The molecule has 0 bridgehead atoms. The van der Waals surface area contributed by atoms with Crippen molar-refractivity contribution < 1.29 is 31.9 Å². The van der Waals surface area contributed by atoms with Crippen molar-refractivity contribution in [3.05, 3.63) is 40.5 Å². The number of carbonyl (C=O) groups is 2. The van der Waals surface area contributed by atoms with E-state index in [4.69, 9.17) is 20.9 Å². The summed E-state index contributed by atoms with van der Waals surface area (Å²) in [5.41, 5.74) is 13.4. The monoisotopic (exact) mass is 604 g/mol. The van der Waals surface area contributed by atoms with Crippen molar-refractivity contribution in [2.24, 2.45) is 22.8 Å². The second-order valence-corrected chi connectivity index (χ2v) is 15.1. The SMILES string of the molecule is CC(C)C[C@@H](N)C(=O)OC1CCC(Nc2cc(-n3c4c(c5c3CC(C)(C)CS5(=O)=O)COC4)cc(F)c2C(N)=O)CC1. The highest BCUT2D eigenvalue weighted by molar-refractivity contribution is 7.91. The summed E-state index contributed by atoms with van der Waals surface area (Å²) in [6.45, 7) is 8.18. The molecule has 2 aliphatic heterocycles. The first-order valence-corrected chi connectivity index (χ1v) is 16.2. The first-order valence-electron chi connectivity index (χ1n) is 14.6. The predicted octanol–water partition coefficient (Wildman–Crippen LogP) is 3.74. The molecule has 5 rings (SSSR count). The maximum absolute atomic E-state index is 15.6. The Hall–Kier alpha value is -2.96. The molecule has 1 atom stereocenters. The fourth-order valence-corrected chi connectivity index (χ4v) is 9.02. The van der Waals surface area contributed by atoms with Crippen molar-refractivity contribution in [1.82, 2.24) is 4.57 Å². The third kappa shape index (κ3) is 5.93. The van der Waals surface area contributed by atoms with Crippen LogP contribution in [-0.2, 0) is 43.7 Å². The van der Waals surface area contributed by atoms with Gasteiger partial charge in [0.1, 0.15) is 18.0 Å². The van der Waals surface area contributed by atoms with E-state index in [0.29, 0.717) is 61.2 Å². The molecule has 0 spiro atoms. The molecule has 1 aromatic carbocycles. The largest absolute Gasteiger partial charge is 0.461 e. The van der Waals surface area contributed by atoms with Gasteiger partial charge in [-0.3, -0.25) is 9.59 Å². The number of benzene rings is 1. The molecule has 1 fully saturated rings. The molecule has 1 aromatic heterocycles. The summed E-state index contributed by atoms with van der Waals surface area (Å²) in [4.78, 5) is 25.0. The van der Waals surface area contributed by atoms with Crippen LogP contribution in [0.2, 0.25) is 0 Å². The van der Waals surface area contributed by atoms with E-state index in [1.165, 1.54) is 6.07 Å². The van der Waals surface area contributed by atoms with Crippen LogP contribution in [0.15, 0.2) is 17.0 Å². The highest BCUT2D eigenvalue weighted by atomic mass is 32.2. The molecule has 230 valence electrons. The lowest BCUT2D eigenvalue weighted by molar-refractivity contribution is -0.152. The first kappa shape index (κ1) is 30.5. The van der Waals surface area contributed by atoms with Gasteiger partial charge in [-0.25, -0.2) is 12.8 Å². The number of nitrogens with zero attached hydrogens (tertiary/aromatic N) is 1. The van der Waals surface area contributed by atoms with Gasteiger partial charge in [0.05, 0.1) is 46.5 Å². The Morgan fingerprint density at radius 1 is 1.17 bits per heavy atom. The van der Waals surface area contributed by atoms with Gasteiger partial charge in [-0.1, -0.05) is 27.7 Å². The number of carbonyl (C=O) groups excluding carboxylic acids is 2. The van der Waals surface area contributed by atoms with Crippen molar-refractivity contribution in [2.45, 2.75) is 103 Å². The normalized spacial score (nSPS) is 23.2. The Kier molecular flexibility index (Phi) is 8.19. The minimum absolute atomic E-state index is 0.0207. The summed E-state index contributed by atoms with van der Waals surface area (Å²) in [7, 11) is -3.58. The molecule has 2 aromatic rings. The quantitative estimate of drug-likeness (QED) is 0.385. The van der Waals surface area contributed by atoms with Crippen molar-refractivity contribution in [3.63, 3.8) is 0 Å². The third-order valence-corrected chi connectivity index (χ3v) is 10.6. The molecule has 0 saturated heterocycles. The van der Waals surface area contributed by atoms with Gasteiger partial charge in [-0.2, -0.15) is 0 Å². The van der Waals surface area contributed by atoms with Crippen molar-refractivity contribution in [1.29, 1.82) is 0 Å². The number of rotatable bonds is 8. The van der Waals surface area contributed by atoms with E-state index < -0.39 is 39.0 Å². The second kappa shape index (κ2) is 11.3. The minimum atomic E-state index is -3.58.